The fourth-order valence-corrected chi connectivity index (χ4v) is 3.40. The van der Waals surface area contributed by atoms with E-state index in [1.165, 1.54) is 6.20 Å². The van der Waals surface area contributed by atoms with Crippen molar-refractivity contribution in [3.8, 4) is 11.3 Å². The summed E-state index contributed by atoms with van der Waals surface area (Å²) in [5.74, 6) is -0.171. The minimum atomic E-state index is -0.740. The lowest BCUT2D eigenvalue weighted by Gasteiger charge is -2.22. The number of carbonyl (C=O) groups is 1. The van der Waals surface area contributed by atoms with E-state index in [9.17, 15) is 9.59 Å². The van der Waals surface area contributed by atoms with E-state index >= 15 is 0 Å². The maximum atomic E-state index is 12.9. The van der Waals surface area contributed by atoms with Gasteiger partial charge in [0.05, 0.1) is 11.9 Å². The molecule has 6 nitrogen and oxygen atoms in total. The molecule has 3 aromatic rings. The Bertz CT molecular complexity index is 1060. The van der Waals surface area contributed by atoms with Crippen LogP contribution in [0.15, 0.2) is 59.5 Å². The summed E-state index contributed by atoms with van der Waals surface area (Å²) in [6, 6.07) is 14.0. The van der Waals surface area contributed by atoms with Crippen LogP contribution in [-0.4, -0.2) is 27.2 Å². The molecule has 136 valence electrons. The molecule has 1 atom stereocenters. The van der Waals surface area contributed by atoms with Gasteiger partial charge in [-0.3, -0.25) is 4.79 Å². The highest BCUT2D eigenvalue weighted by Crippen LogP contribution is 2.29. The second-order valence-electron chi connectivity index (χ2n) is 6.42. The molecule has 4 rings (SSSR count). The van der Waals surface area contributed by atoms with Crippen molar-refractivity contribution in [2.45, 2.75) is 19.4 Å². The molecule has 0 saturated heterocycles. The van der Waals surface area contributed by atoms with Crippen LogP contribution in [-0.2, 0) is 11.2 Å². The Labute approximate surface area is 161 Å². The number of carbonyl (C=O) groups excluding carboxylic acids is 1. The second-order valence-corrected chi connectivity index (χ2v) is 6.86. The fraction of sp³-hybridized carbons (Fsp3) is 0.200. The number of benzene rings is 2. The SMILES string of the molecule is CC(C(=O)N1CCc2ccccc21)n1ncc(-c2ccc(Cl)cc2)nc1=O. The van der Waals surface area contributed by atoms with Crippen molar-refractivity contribution >= 4 is 23.2 Å². The molecule has 7 heteroatoms. The molecule has 0 bridgehead atoms. The minimum Gasteiger partial charge on any atom is -0.310 e. The number of fused-ring (bicyclic) bond motifs is 1. The first-order valence-electron chi connectivity index (χ1n) is 8.65. The molecule has 1 amide bonds. The lowest BCUT2D eigenvalue weighted by Crippen LogP contribution is -2.40. The molecule has 0 N–H and O–H groups in total. The van der Waals surface area contributed by atoms with Crippen molar-refractivity contribution in [1.82, 2.24) is 14.8 Å². The van der Waals surface area contributed by atoms with Gasteiger partial charge >= 0.3 is 5.69 Å². The highest BCUT2D eigenvalue weighted by molar-refractivity contribution is 6.30. The van der Waals surface area contributed by atoms with E-state index in [0.29, 0.717) is 17.3 Å². The normalized spacial score (nSPS) is 14.1. The van der Waals surface area contributed by atoms with E-state index in [-0.39, 0.29) is 5.91 Å². The van der Waals surface area contributed by atoms with Crippen molar-refractivity contribution in [2.24, 2.45) is 0 Å². The van der Waals surface area contributed by atoms with Gasteiger partial charge in [0, 0.05) is 22.8 Å². The Hall–Kier alpha value is -2.99. The van der Waals surface area contributed by atoms with E-state index < -0.39 is 11.7 Å². The monoisotopic (exact) mass is 380 g/mol. The molecule has 0 radical (unpaired) electrons. The highest BCUT2D eigenvalue weighted by atomic mass is 35.5. The van der Waals surface area contributed by atoms with E-state index in [1.807, 2.05) is 24.3 Å². The molecule has 1 aliphatic heterocycles. The van der Waals surface area contributed by atoms with Crippen LogP contribution in [0.4, 0.5) is 5.69 Å². The molecule has 2 aromatic carbocycles. The predicted molar refractivity (Wildman–Crippen MR) is 104 cm³/mol. The Kier molecular flexibility index (Phi) is 4.49. The van der Waals surface area contributed by atoms with Crippen LogP contribution in [0.5, 0.6) is 0 Å². The van der Waals surface area contributed by atoms with Crippen LogP contribution in [0.2, 0.25) is 5.02 Å². The zero-order chi connectivity index (χ0) is 19.0. The fourth-order valence-electron chi connectivity index (χ4n) is 3.27. The largest absolute Gasteiger partial charge is 0.365 e. The van der Waals surface area contributed by atoms with Crippen molar-refractivity contribution < 1.29 is 4.79 Å². The van der Waals surface area contributed by atoms with E-state index in [2.05, 4.69) is 10.1 Å². The molecule has 0 fully saturated rings. The van der Waals surface area contributed by atoms with Crippen LogP contribution in [0, 0.1) is 0 Å². The highest BCUT2D eigenvalue weighted by Gasteiger charge is 2.29. The molecular weight excluding hydrogens is 364 g/mol. The topological polar surface area (TPSA) is 68.1 Å². The summed E-state index contributed by atoms with van der Waals surface area (Å²) in [5.41, 5.74) is 2.65. The number of hydrogen-bond donors (Lipinski definition) is 0. The van der Waals surface area contributed by atoms with Crippen LogP contribution >= 0.6 is 11.6 Å². The van der Waals surface area contributed by atoms with Crippen molar-refractivity contribution in [3.63, 3.8) is 0 Å². The summed E-state index contributed by atoms with van der Waals surface area (Å²) in [4.78, 5) is 31.2. The molecule has 2 heterocycles. The van der Waals surface area contributed by atoms with Crippen LogP contribution in [0.3, 0.4) is 0 Å². The number of halogens is 1. The van der Waals surface area contributed by atoms with Gasteiger partial charge in [-0.1, -0.05) is 41.9 Å². The minimum absolute atomic E-state index is 0.171. The Balaban J connectivity index is 1.61. The van der Waals surface area contributed by atoms with Crippen molar-refractivity contribution in [2.75, 3.05) is 11.4 Å². The number of rotatable bonds is 3. The number of hydrogen-bond acceptors (Lipinski definition) is 4. The predicted octanol–water partition coefficient (Wildman–Crippen LogP) is 3.11. The molecular formula is C20H17ClN4O2. The average molecular weight is 381 g/mol. The van der Waals surface area contributed by atoms with Crippen molar-refractivity contribution in [1.29, 1.82) is 0 Å². The van der Waals surface area contributed by atoms with E-state index in [1.54, 1.807) is 36.1 Å². The maximum Gasteiger partial charge on any atom is 0.365 e. The van der Waals surface area contributed by atoms with Gasteiger partial charge < -0.3 is 4.90 Å². The van der Waals surface area contributed by atoms with E-state index in [0.717, 1.165) is 27.9 Å². The lowest BCUT2D eigenvalue weighted by molar-refractivity contribution is -0.121. The van der Waals surface area contributed by atoms with Gasteiger partial charge in [-0.2, -0.15) is 10.1 Å². The van der Waals surface area contributed by atoms with E-state index in [4.69, 9.17) is 11.6 Å². The Morgan fingerprint density at radius 2 is 1.89 bits per heavy atom. The molecule has 1 aliphatic rings. The third kappa shape index (κ3) is 3.24. The lowest BCUT2D eigenvalue weighted by atomic mass is 10.2. The van der Waals surface area contributed by atoms with Gasteiger partial charge in [-0.05, 0) is 37.1 Å². The smallest absolute Gasteiger partial charge is 0.310 e. The summed E-state index contributed by atoms with van der Waals surface area (Å²) >= 11 is 5.89. The number of amides is 1. The molecule has 0 aliphatic carbocycles. The van der Waals surface area contributed by atoms with Crippen molar-refractivity contribution in [3.05, 3.63) is 75.8 Å². The maximum absolute atomic E-state index is 12.9. The summed E-state index contributed by atoms with van der Waals surface area (Å²) in [6.45, 7) is 2.27. The molecule has 27 heavy (non-hydrogen) atoms. The number of nitrogens with zero attached hydrogens (tertiary/aromatic N) is 4. The van der Waals surface area contributed by atoms with Crippen LogP contribution in [0.25, 0.3) is 11.3 Å². The summed E-state index contributed by atoms with van der Waals surface area (Å²) < 4.78 is 1.13. The Morgan fingerprint density at radius 1 is 1.15 bits per heavy atom. The first-order valence-corrected chi connectivity index (χ1v) is 9.03. The molecule has 0 spiro atoms. The molecule has 1 unspecified atom stereocenters. The standard InChI is InChI=1S/C20H17ClN4O2/c1-13(19(26)24-11-10-15-4-2-3-5-18(15)24)25-20(27)23-17(12-22-25)14-6-8-16(21)9-7-14/h2-9,12-13H,10-11H2,1H3. The second kappa shape index (κ2) is 6.96. The zero-order valence-corrected chi connectivity index (χ0v) is 15.4. The average Bonchev–Trinajstić information content (AvgIpc) is 3.11. The number of anilines is 1. The molecule has 0 saturated carbocycles. The summed E-state index contributed by atoms with van der Waals surface area (Å²) in [6.07, 6.45) is 2.30. The first kappa shape index (κ1) is 17.4. The van der Waals surface area contributed by atoms with Gasteiger partial charge in [0.1, 0.15) is 6.04 Å². The quantitative estimate of drug-likeness (QED) is 0.700. The molecule has 1 aromatic heterocycles. The number of aromatic nitrogens is 3. The third-order valence-corrected chi connectivity index (χ3v) is 4.99. The van der Waals surface area contributed by atoms with Crippen LogP contribution in [0.1, 0.15) is 18.5 Å². The number of para-hydroxylation sites is 1. The van der Waals surface area contributed by atoms with Gasteiger partial charge in [0.2, 0.25) is 0 Å². The van der Waals surface area contributed by atoms with Gasteiger partial charge in [-0.15, -0.1) is 0 Å². The van der Waals surface area contributed by atoms with Gasteiger partial charge in [0.15, 0.2) is 0 Å². The van der Waals surface area contributed by atoms with Gasteiger partial charge in [-0.25, -0.2) is 9.48 Å². The zero-order valence-electron chi connectivity index (χ0n) is 14.7. The van der Waals surface area contributed by atoms with Crippen LogP contribution < -0.4 is 10.6 Å². The summed E-state index contributed by atoms with van der Waals surface area (Å²) in [5, 5.41) is 4.79. The summed E-state index contributed by atoms with van der Waals surface area (Å²) in [7, 11) is 0. The third-order valence-electron chi connectivity index (χ3n) is 4.73. The van der Waals surface area contributed by atoms with Gasteiger partial charge in [0.25, 0.3) is 5.91 Å². The Morgan fingerprint density at radius 3 is 2.63 bits per heavy atom. The first-order chi connectivity index (χ1) is 13.0.